The van der Waals surface area contributed by atoms with Crippen LogP contribution < -0.4 is 0 Å². The lowest BCUT2D eigenvalue weighted by atomic mass is 9.91. The molecule has 1 rings (SSSR count). The second-order valence-electron chi connectivity index (χ2n) is 4.35. The molecule has 1 aliphatic heterocycles. The van der Waals surface area contributed by atoms with E-state index in [1.807, 2.05) is 0 Å². The highest BCUT2D eigenvalue weighted by Gasteiger charge is 2.29. The first-order valence-electron chi connectivity index (χ1n) is 4.46. The van der Waals surface area contributed by atoms with E-state index in [1.54, 1.807) is 0 Å². The monoisotopic (exact) mass is 267 g/mol. The molecule has 66 valence electrons. The van der Waals surface area contributed by atoms with Gasteiger partial charge in [-0.2, -0.15) is 0 Å². The second-order valence-corrected chi connectivity index (χ2v) is 5.51. The molecule has 1 saturated heterocycles. The van der Waals surface area contributed by atoms with Crippen molar-refractivity contribution in [1.82, 2.24) is 3.11 Å². The number of rotatable bonds is 0. The smallest absolute Gasteiger partial charge is 0.0251 e. The predicted octanol–water partition coefficient (Wildman–Crippen LogP) is 3.24. The van der Waals surface area contributed by atoms with Crippen LogP contribution in [0.1, 0.15) is 40.0 Å². The van der Waals surface area contributed by atoms with Crippen LogP contribution >= 0.6 is 22.9 Å². The van der Waals surface area contributed by atoms with Gasteiger partial charge in [-0.25, -0.2) is 3.11 Å². The van der Waals surface area contributed by atoms with Gasteiger partial charge in [0.2, 0.25) is 0 Å². The van der Waals surface area contributed by atoms with E-state index in [0.29, 0.717) is 5.54 Å². The van der Waals surface area contributed by atoms with Crippen molar-refractivity contribution in [3.05, 3.63) is 0 Å². The minimum atomic E-state index is 0.413. The van der Waals surface area contributed by atoms with Gasteiger partial charge in [0, 0.05) is 34.9 Å². The molecule has 0 aromatic rings. The molecule has 0 aliphatic carbocycles. The van der Waals surface area contributed by atoms with E-state index in [2.05, 4.69) is 46.7 Å². The molecular formula is C9H18IN. The topological polar surface area (TPSA) is 3.24 Å². The highest BCUT2D eigenvalue weighted by atomic mass is 127. The summed E-state index contributed by atoms with van der Waals surface area (Å²) in [6, 6.07) is 0. The molecule has 0 aromatic carbocycles. The van der Waals surface area contributed by atoms with Crippen LogP contribution in [0.5, 0.6) is 0 Å². The van der Waals surface area contributed by atoms with Gasteiger partial charge in [-0.3, -0.25) is 0 Å². The molecule has 2 heteroatoms. The molecule has 1 aliphatic rings. The lowest BCUT2D eigenvalue weighted by Crippen LogP contribution is -2.36. The third kappa shape index (κ3) is 2.58. The summed E-state index contributed by atoms with van der Waals surface area (Å²) in [4.78, 5) is 0. The fraction of sp³-hybridized carbons (Fsp3) is 1.00. The maximum atomic E-state index is 2.47. The van der Waals surface area contributed by atoms with Crippen molar-refractivity contribution in [1.29, 1.82) is 0 Å². The average Bonchev–Trinajstić information content (AvgIpc) is 1.93. The fourth-order valence-corrected chi connectivity index (χ4v) is 2.47. The summed E-state index contributed by atoms with van der Waals surface area (Å²) in [6.07, 6.45) is 4.12. The van der Waals surface area contributed by atoms with Gasteiger partial charge in [0.05, 0.1) is 0 Å². The molecule has 0 aromatic heterocycles. The Balaban J connectivity index is 2.60. The van der Waals surface area contributed by atoms with Crippen molar-refractivity contribution >= 4 is 22.9 Å². The quantitative estimate of drug-likeness (QED) is 0.481. The van der Waals surface area contributed by atoms with Crippen LogP contribution in [-0.2, 0) is 0 Å². The van der Waals surface area contributed by atoms with E-state index >= 15 is 0 Å². The van der Waals surface area contributed by atoms with Crippen LogP contribution in [0.4, 0.5) is 0 Å². The van der Waals surface area contributed by atoms with Crippen LogP contribution in [0.3, 0.4) is 0 Å². The SMILES string of the molecule is CC1CCCN(I)C(C)(C)C1. The molecule has 1 nitrogen and oxygen atoms in total. The molecule has 0 saturated carbocycles. The van der Waals surface area contributed by atoms with Gasteiger partial charge >= 0.3 is 0 Å². The third-order valence-corrected chi connectivity index (χ3v) is 4.34. The zero-order valence-corrected chi connectivity index (χ0v) is 9.89. The Kier molecular flexibility index (Phi) is 3.20. The number of nitrogens with zero attached hydrogens (tertiary/aromatic N) is 1. The maximum Gasteiger partial charge on any atom is 0.0251 e. The van der Waals surface area contributed by atoms with E-state index in [0.717, 1.165) is 5.92 Å². The van der Waals surface area contributed by atoms with Crippen molar-refractivity contribution in [3.63, 3.8) is 0 Å². The Morgan fingerprint density at radius 3 is 2.73 bits per heavy atom. The number of hydrogen-bond acceptors (Lipinski definition) is 1. The minimum Gasteiger partial charge on any atom is -0.242 e. The van der Waals surface area contributed by atoms with Crippen LogP contribution in [0.2, 0.25) is 0 Å². The van der Waals surface area contributed by atoms with Gasteiger partial charge in [-0.1, -0.05) is 6.92 Å². The van der Waals surface area contributed by atoms with Gasteiger partial charge in [0.25, 0.3) is 0 Å². The Labute approximate surface area is 84.0 Å². The van der Waals surface area contributed by atoms with E-state index in [-0.39, 0.29) is 0 Å². The summed E-state index contributed by atoms with van der Waals surface area (Å²) in [5.74, 6) is 0.907. The van der Waals surface area contributed by atoms with E-state index in [9.17, 15) is 0 Å². The second kappa shape index (κ2) is 3.60. The van der Waals surface area contributed by atoms with Crippen molar-refractivity contribution in [2.24, 2.45) is 5.92 Å². The first-order valence-corrected chi connectivity index (χ1v) is 5.42. The molecule has 0 amide bonds. The Morgan fingerprint density at radius 2 is 2.09 bits per heavy atom. The fourth-order valence-electron chi connectivity index (χ4n) is 1.94. The minimum absolute atomic E-state index is 0.413. The zero-order valence-electron chi connectivity index (χ0n) is 7.73. The average molecular weight is 267 g/mol. The van der Waals surface area contributed by atoms with Crippen molar-refractivity contribution in [3.8, 4) is 0 Å². The summed E-state index contributed by atoms with van der Waals surface area (Å²) < 4.78 is 2.47. The molecule has 0 radical (unpaired) electrons. The first kappa shape index (κ1) is 9.78. The lowest BCUT2D eigenvalue weighted by molar-refractivity contribution is 0.254. The third-order valence-electron chi connectivity index (χ3n) is 2.56. The van der Waals surface area contributed by atoms with E-state index < -0.39 is 0 Å². The van der Waals surface area contributed by atoms with Crippen molar-refractivity contribution in [2.45, 2.75) is 45.6 Å². The molecular weight excluding hydrogens is 249 g/mol. The normalized spacial score (nSPS) is 33.3. The maximum absolute atomic E-state index is 2.47. The zero-order chi connectivity index (χ0) is 8.48. The summed E-state index contributed by atoms with van der Waals surface area (Å²) >= 11 is 2.47. The Morgan fingerprint density at radius 1 is 1.45 bits per heavy atom. The Hall–Kier alpha value is 0.690. The van der Waals surface area contributed by atoms with E-state index in [4.69, 9.17) is 0 Å². The van der Waals surface area contributed by atoms with Gasteiger partial charge in [-0.05, 0) is 39.0 Å². The van der Waals surface area contributed by atoms with Gasteiger partial charge < -0.3 is 0 Å². The van der Waals surface area contributed by atoms with Crippen LogP contribution in [0, 0.1) is 5.92 Å². The Bertz CT molecular complexity index is 134. The van der Waals surface area contributed by atoms with Crippen LogP contribution in [0.25, 0.3) is 0 Å². The van der Waals surface area contributed by atoms with Crippen LogP contribution in [-0.4, -0.2) is 15.2 Å². The van der Waals surface area contributed by atoms with Gasteiger partial charge in [0.15, 0.2) is 0 Å². The number of halogens is 1. The molecule has 0 N–H and O–H groups in total. The van der Waals surface area contributed by atoms with Gasteiger partial charge in [0.1, 0.15) is 0 Å². The first-order chi connectivity index (χ1) is 5.02. The summed E-state index contributed by atoms with van der Waals surface area (Å²) in [5.41, 5.74) is 0.413. The summed E-state index contributed by atoms with van der Waals surface area (Å²) in [5, 5.41) is 0. The van der Waals surface area contributed by atoms with Crippen LogP contribution in [0.15, 0.2) is 0 Å². The molecule has 0 bridgehead atoms. The predicted molar refractivity (Wildman–Crippen MR) is 57.8 cm³/mol. The highest BCUT2D eigenvalue weighted by Crippen LogP contribution is 2.32. The highest BCUT2D eigenvalue weighted by molar-refractivity contribution is 14.1. The number of hydrogen-bond donors (Lipinski definition) is 0. The summed E-state index contributed by atoms with van der Waals surface area (Å²) in [6.45, 7) is 8.33. The molecule has 1 unspecified atom stereocenters. The molecule has 0 spiro atoms. The van der Waals surface area contributed by atoms with Crippen molar-refractivity contribution < 1.29 is 0 Å². The molecule has 11 heavy (non-hydrogen) atoms. The van der Waals surface area contributed by atoms with E-state index in [1.165, 1.54) is 25.8 Å². The molecule has 1 heterocycles. The lowest BCUT2D eigenvalue weighted by Gasteiger charge is -2.32. The van der Waals surface area contributed by atoms with Gasteiger partial charge in [-0.15, -0.1) is 0 Å². The van der Waals surface area contributed by atoms with Crippen molar-refractivity contribution in [2.75, 3.05) is 6.54 Å². The summed E-state index contributed by atoms with van der Waals surface area (Å²) in [7, 11) is 0. The molecule has 1 atom stereocenters. The standard InChI is InChI=1S/C9H18IN/c1-8-5-4-6-11(10)9(2,3)7-8/h8H,4-7H2,1-3H3. The molecule has 1 fully saturated rings. The largest absolute Gasteiger partial charge is 0.242 e.